The van der Waals surface area contributed by atoms with Crippen molar-refractivity contribution in [3.05, 3.63) is 81.4 Å². The first-order chi connectivity index (χ1) is 16.2. The van der Waals surface area contributed by atoms with E-state index in [1.54, 1.807) is 13.1 Å². The molecule has 0 spiro atoms. The molecule has 2 amide bonds. The van der Waals surface area contributed by atoms with Gasteiger partial charge in [-0.25, -0.2) is 8.78 Å². The maximum absolute atomic E-state index is 13.5. The number of hydrogen-bond acceptors (Lipinski definition) is 6. The van der Waals surface area contributed by atoms with Gasteiger partial charge in [-0.1, -0.05) is 16.8 Å². The van der Waals surface area contributed by atoms with Crippen molar-refractivity contribution in [2.24, 2.45) is 0 Å². The van der Waals surface area contributed by atoms with Crippen LogP contribution >= 0.6 is 11.6 Å². The second-order valence-corrected chi connectivity index (χ2v) is 7.72. The molecular formula is C22H17ClF2N6O3. The third-order valence-electron chi connectivity index (χ3n) is 4.90. The van der Waals surface area contributed by atoms with Crippen LogP contribution in [-0.2, 0) is 6.54 Å². The molecule has 3 aromatic heterocycles. The number of pyridine rings is 1. The number of nitrogens with one attached hydrogen (secondary N) is 3. The quantitative estimate of drug-likeness (QED) is 0.351. The van der Waals surface area contributed by atoms with E-state index in [4.69, 9.17) is 16.1 Å². The molecule has 0 unspecified atom stereocenters. The van der Waals surface area contributed by atoms with Crippen molar-refractivity contribution >= 4 is 29.2 Å². The second kappa shape index (κ2) is 9.40. The molecular weight excluding hydrogens is 470 g/mol. The third-order valence-corrected chi connectivity index (χ3v) is 5.21. The summed E-state index contributed by atoms with van der Waals surface area (Å²) >= 11 is 5.81. The number of halogens is 3. The second-order valence-electron chi connectivity index (χ2n) is 7.31. The number of aromatic amines is 1. The number of hydrogen-bond donors (Lipinski definition) is 3. The van der Waals surface area contributed by atoms with Gasteiger partial charge in [0.1, 0.15) is 5.82 Å². The van der Waals surface area contributed by atoms with Gasteiger partial charge in [0.05, 0.1) is 16.3 Å². The lowest BCUT2D eigenvalue weighted by Gasteiger charge is -2.05. The first-order valence-electron chi connectivity index (χ1n) is 9.90. The number of aromatic nitrogens is 4. The summed E-state index contributed by atoms with van der Waals surface area (Å²) in [5.41, 5.74) is 2.56. The van der Waals surface area contributed by atoms with E-state index < -0.39 is 23.4 Å². The molecule has 0 saturated carbocycles. The van der Waals surface area contributed by atoms with Gasteiger partial charge in [0, 0.05) is 35.6 Å². The predicted octanol–water partition coefficient (Wildman–Crippen LogP) is 4.19. The molecule has 0 fully saturated rings. The Kier molecular flexibility index (Phi) is 6.37. The Labute approximate surface area is 196 Å². The predicted molar refractivity (Wildman–Crippen MR) is 118 cm³/mol. The Balaban J connectivity index is 1.43. The molecule has 4 rings (SSSR count). The molecule has 3 heterocycles. The van der Waals surface area contributed by atoms with Gasteiger partial charge in [-0.15, -0.1) is 0 Å². The van der Waals surface area contributed by atoms with Gasteiger partial charge in [-0.05, 0) is 38.1 Å². The van der Waals surface area contributed by atoms with Crippen molar-refractivity contribution in [1.82, 2.24) is 25.7 Å². The van der Waals surface area contributed by atoms with Crippen LogP contribution in [0.25, 0.3) is 11.3 Å². The van der Waals surface area contributed by atoms with Crippen molar-refractivity contribution < 1.29 is 22.9 Å². The summed E-state index contributed by atoms with van der Waals surface area (Å²) in [4.78, 5) is 29.1. The third kappa shape index (κ3) is 4.79. The van der Waals surface area contributed by atoms with Crippen LogP contribution in [0.5, 0.6) is 0 Å². The maximum Gasteiger partial charge on any atom is 0.272 e. The van der Waals surface area contributed by atoms with Crippen LogP contribution in [0.15, 0.2) is 41.1 Å². The minimum Gasteiger partial charge on any atom is -0.356 e. The molecule has 1 aromatic carbocycles. The lowest BCUT2D eigenvalue weighted by molar-refractivity contribution is 0.0945. The molecule has 0 aliphatic heterocycles. The summed E-state index contributed by atoms with van der Waals surface area (Å²) < 4.78 is 32.1. The lowest BCUT2D eigenvalue weighted by atomic mass is 10.1. The molecule has 0 atom stereocenters. The molecule has 3 N–H and O–H groups in total. The highest BCUT2D eigenvalue weighted by molar-refractivity contribution is 6.34. The Morgan fingerprint density at radius 1 is 1.12 bits per heavy atom. The summed E-state index contributed by atoms with van der Waals surface area (Å²) in [5.74, 6) is -3.18. The number of rotatable bonds is 6. The van der Waals surface area contributed by atoms with Crippen molar-refractivity contribution in [2.75, 3.05) is 5.32 Å². The Morgan fingerprint density at radius 2 is 1.88 bits per heavy atom. The molecule has 0 saturated heterocycles. The fourth-order valence-corrected chi connectivity index (χ4v) is 3.31. The summed E-state index contributed by atoms with van der Waals surface area (Å²) in [5, 5.41) is 15.2. The van der Waals surface area contributed by atoms with Crippen LogP contribution in [0.4, 0.5) is 14.6 Å². The van der Waals surface area contributed by atoms with E-state index in [0.717, 1.165) is 11.3 Å². The molecule has 34 heavy (non-hydrogen) atoms. The first-order valence-corrected chi connectivity index (χ1v) is 10.3. The van der Waals surface area contributed by atoms with Crippen LogP contribution in [0.1, 0.15) is 37.8 Å². The zero-order valence-electron chi connectivity index (χ0n) is 17.9. The minimum absolute atomic E-state index is 0.0145. The lowest BCUT2D eigenvalue weighted by Crippen LogP contribution is -2.23. The molecule has 12 heteroatoms. The monoisotopic (exact) mass is 486 g/mol. The average molecular weight is 487 g/mol. The first kappa shape index (κ1) is 23.1. The number of benzene rings is 1. The van der Waals surface area contributed by atoms with E-state index in [-0.39, 0.29) is 28.6 Å². The van der Waals surface area contributed by atoms with Crippen LogP contribution < -0.4 is 10.6 Å². The normalized spacial score (nSPS) is 10.9. The van der Waals surface area contributed by atoms with Crippen molar-refractivity contribution in [3.8, 4) is 11.3 Å². The van der Waals surface area contributed by atoms with Gasteiger partial charge in [-0.2, -0.15) is 5.10 Å². The van der Waals surface area contributed by atoms with E-state index in [1.165, 1.54) is 6.07 Å². The van der Waals surface area contributed by atoms with E-state index >= 15 is 0 Å². The minimum atomic E-state index is -1.22. The zero-order chi connectivity index (χ0) is 24.4. The van der Waals surface area contributed by atoms with Gasteiger partial charge in [0.25, 0.3) is 11.8 Å². The maximum atomic E-state index is 13.5. The van der Waals surface area contributed by atoms with E-state index in [0.29, 0.717) is 29.2 Å². The smallest absolute Gasteiger partial charge is 0.272 e. The van der Waals surface area contributed by atoms with Crippen molar-refractivity contribution in [2.45, 2.75) is 20.4 Å². The fourth-order valence-electron chi connectivity index (χ4n) is 3.07. The van der Waals surface area contributed by atoms with Crippen LogP contribution in [0, 0.1) is 25.5 Å². The number of aryl methyl sites for hydroxylation is 2. The fraction of sp³-hybridized carbons (Fsp3) is 0.136. The van der Waals surface area contributed by atoms with Gasteiger partial charge < -0.3 is 15.2 Å². The number of amides is 2. The topological polar surface area (TPSA) is 126 Å². The summed E-state index contributed by atoms with van der Waals surface area (Å²) in [6, 6.07) is 6.34. The van der Waals surface area contributed by atoms with Crippen LogP contribution in [0.3, 0.4) is 0 Å². The highest BCUT2D eigenvalue weighted by atomic mass is 35.5. The SMILES string of the molecule is Cc1ccc(-c2onc(C)c2CNC(=O)c2cc(NC(=O)c3cc(F)c(F)cc3Cl)[nH]n2)cn1. The molecule has 9 nitrogen and oxygen atoms in total. The Hall–Kier alpha value is -4.12. The Bertz CT molecular complexity index is 1380. The standard InChI is InChI=1S/C22H17ClF2N6O3/c1-10-3-4-12(8-26-10)20-14(11(2)31-34-20)9-27-22(33)18-7-19(30-29-18)28-21(32)13-5-16(24)17(25)6-15(13)23/h3-8H,9H2,1-2H3,(H,27,33)(H2,28,29,30,32). The largest absolute Gasteiger partial charge is 0.356 e. The van der Waals surface area contributed by atoms with Gasteiger partial charge in [0.2, 0.25) is 0 Å². The molecule has 0 bridgehead atoms. The summed E-state index contributed by atoms with van der Waals surface area (Å²) in [6.45, 7) is 3.72. The van der Waals surface area contributed by atoms with Crippen molar-refractivity contribution in [1.29, 1.82) is 0 Å². The number of H-pyrrole nitrogens is 1. The van der Waals surface area contributed by atoms with E-state index in [2.05, 4.69) is 31.0 Å². The number of anilines is 1. The molecule has 174 valence electrons. The number of nitrogens with zero attached hydrogens (tertiary/aromatic N) is 3. The highest BCUT2D eigenvalue weighted by Gasteiger charge is 2.19. The molecule has 4 aromatic rings. The summed E-state index contributed by atoms with van der Waals surface area (Å²) in [6.07, 6.45) is 1.66. The summed E-state index contributed by atoms with van der Waals surface area (Å²) in [7, 11) is 0. The van der Waals surface area contributed by atoms with Gasteiger partial charge in [-0.3, -0.25) is 19.7 Å². The molecule has 0 aliphatic carbocycles. The highest BCUT2D eigenvalue weighted by Crippen LogP contribution is 2.26. The van der Waals surface area contributed by atoms with E-state index in [1.807, 2.05) is 19.1 Å². The van der Waals surface area contributed by atoms with Gasteiger partial charge in [0.15, 0.2) is 23.1 Å². The van der Waals surface area contributed by atoms with Gasteiger partial charge >= 0.3 is 0 Å². The number of carbonyl (C=O) groups excluding carboxylic acids is 2. The zero-order valence-corrected chi connectivity index (χ0v) is 18.6. The average Bonchev–Trinajstić information content (AvgIpc) is 3.41. The molecule has 0 radical (unpaired) electrons. The Morgan fingerprint density at radius 3 is 2.62 bits per heavy atom. The van der Waals surface area contributed by atoms with Crippen LogP contribution in [0.2, 0.25) is 5.02 Å². The van der Waals surface area contributed by atoms with Crippen LogP contribution in [-0.4, -0.2) is 32.2 Å². The molecule has 0 aliphatic rings. The van der Waals surface area contributed by atoms with E-state index in [9.17, 15) is 18.4 Å². The van der Waals surface area contributed by atoms with Crippen molar-refractivity contribution in [3.63, 3.8) is 0 Å². The number of carbonyl (C=O) groups is 2.